The second-order valence-corrected chi connectivity index (χ2v) is 5.87. The molecule has 1 heterocycles. The van der Waals surface area contributed by atoms with Crippen LogP contribution >= 0.6 is 0 Å². The van der Waals surface area contributed by atoms with Crippen molar-refractivity contribution in [2.45, 2.75) is 38.1 Å². The van der Waals surface area contributed by atoms with Gasteiger partial charge >= 0.3 is 12.0 Å². The standard InChI is InChI=1S/C16H20N2O3/c19-15(20)14-10-12-5-1-2-6-13(12)18(14)16(21)17-9-3-4-11-7-8-11/h1-2,5-6,11,14H,3-4,7-10H2,(H,17,21)(H,19,20)/t14-/m0/s1. The molecule has 5 nitrogen and oxygen atoms in total. The van der Waals surface area contributed by atoms with Crippen molar-refractivity contribution in [1.82, 2.24) is 5.32 Å². The number of urea groups is 1. The number of nitrogens with zero attached hydrogens (tertiary/aromatic N) is 1. The van der Waals surface area contributed by atoms with Crippen molar-refractivity contribution in [3.8, 4) is 0 Å². The summed E-state index contributed by atoms with van der Waals surface area (Å²) >= 11 is 0. The van der Waals surface area contributed by atoms with E-state index in [1.54, 1.807) is 0 Å². The summed E-state index contributed by atoms with van der Waals surface area (Å²) in [6, 6.07) is 6.29. The lowest BCUT2D eigenvalue weighted by molar-refractivity contribution is -0.138. The van der Waals surface area contributed by atoms with Crippen LogP contribution in [0, 0.1) is 5.92 Å². The topological polar surface area (TPSA) is 69.6 Å². The molecule has 1 saturated carbocycles. The zero-order chi connectivity index (χ0) is 14.8. The third kappa shape index (κ3) is 3.01. The Hall–Kier alpha value is -2.04. The van der Waals surface area contributed by atoms with E-state index in [-0.39, 0.29) is 6.03 Å². The van der Waals surface area contributed by atoms with E-state index >= 15 is 0 Å². The number of rotatable bonds is 5. The quantitative estimate of drug-likeness (QED) is 0.817. The molecule has 2 N–H and O–H groups in total. The third-order valence-electron chi connectivity index (χ3n) is 4.24. The Morgan fingerprint density at radius 1 is 1.29 bits per heavy atom. The Labute approximate surface area is 123 Å². The van der Waals surface area contributed by atoms with Gasteiger partial charge in [-0.2, -0.15) is 0 Å². The van der Waals surface area contributed by atoms with Crippen molar-refractivity contribution in [3.05, 3.63) is 29.8 Å². The average Bonchev–Trinajstić information content (AvgIpc) is 3.20. The first-order chi connectivity index (χ1) is 10.2. The highest BCUT2D eigenvalue weighted by molar-refractivity contribution is 6.01. The minimum atomic E-state index is -0.959. The van der Waals surface area contributed by atoms with Crippen LogP contribution in [0.1, 0.15) is 31.2 Å². The second-order valence-electron chi connectivity index (χ2n) is 5.87. The lowest BCUT2D eigenvalue weighted by Gasteiger charge is -2.23. The van der Waals surface area contributed by atoms with Gasteiger partial charge in [0.25, 0.3) is 0 Å². The van der Waals surface area contributed by atoms with Gasteiger partial charge in [-0.25, -0.2) is 9.59 Å². The normalized spacial score (nSPS) is 20.2. The maximum absolute atomic E-state index is 12.3. The van der Waals surface area contributed by atoms with Crippen LogP contribution in [0.4, 0.5) is 10.5 Å². The highest BCUT2D eigenvalue weighted by Gasteiger charge is 2.38. The average molecular weight is 288 g/mol. The first-order valence-corrected chi connectivity index (χ1v) is 7.54. The fourth-order valence-corrected chi connectivity index (χ4v) is 2.91. The van der Waals surface area contributed by atoms with Crippen molar-refractivity contribution >= 4 is 17.7 Å². The van der Waals surface area contributed by atoms with Crippen LogP contribution in [0.25, 0.3) is 0 Å². The number of aliphatic carboxylic acids is 1. The minimum Gasteiger partial charge on any atom is -0.480 e. The lowest BCUT2D eigenvalue weighted by Crippen LogP contribution is -2.48. The van der Waals surface area contributed by atoms with Crippen LogP contribution in [0.2, 0.25) is 0 Å². The molecule has 21 heavy (non-hydrogen) atoms. The molecule has 2 aliphatic rings. The van der Waals surface area contributed by atoms with Gasteiger partial charge in [-0.3, -0.25) is 4.90 Å². The molecule has 5 heteroatoms. The maximum Gasteiger partial charge on any atom is 0.327 e. The molecule has 1 aromatic carbocycles. The number of carboxylic acids is 1. The maximum atomic E-state index is 12.3. The smallest absolute Gasteiger partial charge is 0.327 e. The van der Waals surface area contributed by atoms with E-state index < -0.39 is 12.0 Å². The fraction of sp³-hybridized carbons (Fsp3) is 0.500. The molecule has 0 spiro atoms. The first-order valence-electron chi connectivity index (χ1n) is 7.54. The monoisotopic (exact) mass is 288 g/mol. The number of benzene rings is 1. The number of amides is 2. The number of hydrogen-bond acceptors (Lipinski definition) is 2. The van der Waals surface area contributed by atoms with Crippen LogP contribution in [0.5, 0.6) is 0 Å². The van der Waals surface area contributed by atoms with Gasteiger partial charge in [0.05, 0.1) is 0 Å². The van der Waals surface area contributed by atoms with E-state index in [0.29, 0.717) is 18.7 Å². The molecule has 0 saturated heterocycles. The molecule has 0 bridgehead atoms. The second kappa shape index (κ2) is 5.76. The predicted octanol–water partition coefficient (Wildman–Crippen LogP) is 2.40. The molecule has 1 aromatic rings. The minimum absolute atomic E-state index is 0.303. The zero-order valence-corrected chi connectivity index (χ0v) is 11.9. The molecule has 3 rings (SSSR count). The van der Waals surface area contributed by atoms with E-state index in [1.807, 2.05) is 24.3 Å². The molecular formula is C16H20N2O3. The van der Waals surface area contributed by atoms with Crippen LogP contribution in [-0.2, 0) is 11.2 Å². The fourth-order valence-electron chi connectivity index (χ4n) is 2.91. The van der Waals surface area contributed by atoms with E-state index in [2.05, 4.69) is 5.32 Å². The predicted molar refractivity (Wildman–Crippen MR) is 79.4 cm³/mol. The summed E-state index contributed by atoms with van der Waals surface area (Å²) in [6.07, 6.45) is 5.12. The lowest BCUT2D eigenvalue weighted by atomic mass is 10.1. The van der Waals surface area contributed by atoms with Gasteiger partial charge in [0.15, 0.2) is 0 Å². The number of fused-ring (bicyclic) bond motifs is 1. The summed E-state index contributed by atoms with van der Waals surface area (Å²) in [5.41, 5.74) is 1.63. The number of carbonyl (C=O) groups is 2. The molecule has 112 valence electrons. The Kier molecular flexibility index (Phi) is 3.82. The van der Waals surface area contributed by atoms with Crippen LogP contribution < -0.4 is 10.2 Å². The SMILES string of the molecule is O=C(O)[C@@H]1Cc2ccccc2N1C(=O)NCCCC1CC1. The van der Waals surface area contributed by atoms with Crippen molar-refractivity contribution in [3.63, 3.8) is 0 Å². The van der Waals surface area contributed by atoms with Gasteiger partial charge < -0.3 is 10.4 Å². The first kappa shape index (κ1) is 13.9. The largest absolute Gasteiger partial charge is 0.480 e. The summed E-state index contributed by atoms with van der Waals surface area (Å²) in [5.74, 6) is -0.111. The van der Waals surface area contributed by atoms with E-state index in [0.717, 1.165) is 24.3 Å². The molecule has 1 atom stereocenters. The van der Waals surface area contributed by atoms with Crippen molar-refractivity contribution in [2.75, 3.05) is 11.4 Å². The Balaban J connectivity index is 1.64. The summed E-state index contributed by atoms with van der Waals surface area (Å²) in [5, 5.41) is 12.2. The summed E-state index contributed by atoms with van der Waals surface area (Å²) in [4.78, 5) is 25.1. The number of hydrogen-bond donors (Lipinski definition) is 2. The van der Waals surface area contributed by atoms with E-state index in [1.165, 1.54) is 17.7 Å². The number of carboxylic acid groups (broad SMARTS) is 1. The van der Waals surface area contributed by atoms with Gasteiger partial charge in [0.1, 0.15) is 6.04 Å². The molecule has 0 radical (unpaired) electrons. The van der Waals surface area contributed by atoms with E-state index in [4.69, 9.17) is 0 Å². The van der Waals surface area contributed by atoms with Gasteiger partial charge in [-0.05, 0) is 30.4 Å². The number of nitrogens with one attached hydrogen (secondary N) is 1. The van der Waals surface area contributed by atoms with Crippen LogP contribution in [0.3, 0.4) is 0 Å². The van der Waals surface area contributed by atoms with Gasteiger partial charge in [0.2, 0.25) is 0 Å². The summed E-state index contributed by atoms with van der Waals surface area (Å²) in [7, 11) is 0. The molecule has 2 amide bonds. The molecule has 0 unspecified atom stereocenters. The summed E-state index contributed by atoms with van der Waals surface area (Å²) in [6.45, 7) is 0.611. The van der Waals surface area contributed by atoms with Crippen LogP contribution in [0.15, 0.2) is 24.3 Å². The third-order valence-corrected chi connectivity index (χ3v) is 4.24. The number of carbonyl (C=O) groups excluding carboxylic acids is 1. The highest BCUT2D eigenvalue weighted by atomic mass is 16.4. The Bertz CT molecular complexity index is 554. The Morgan fingerprint density at radius 2 is 2.05 bits per heavy atom. The van der Waals surface area contributed by atoms with Gasteiger partial charge in [0, 0.05) is 18.7 Å². The van der Waals surface area contributed by atoms with Gasteiger partial charge in [-0.1, -0.05) is 31.0 Å². The molecule has 1 aliphatic carbocycles. The van der Waals surface area contributed by atoms with E-state index in [9.17, 15) is 14.7 Å². The molecule has 1 fully saturated rings. The molecule has 0 aromatic heterocycles. The van der Waals surface area contributed by atoms with Crippen molar-refractivity contribution in [2.24, 2.45) is 5.92 Å². The Morgan fingerprint density at radius 3 is 2.76 bits per heavy atom. The number of para-hydroxylation sites is 1. The van der Waals surface area contributed by atoms with Crippen molar-refractivity contribution in [1.29, 1.82) is 0 Å². The zero-order valence-electron chi connectivity index (χ0n) is 11.9. The summed E-state index contributed by atoms with van der Waals surface area (Å²) < 4.78 is 0. The molecular weight excluding hydrogens is 268 g/mol. The molecule has 1 aliphatic heterocycles. The van der Waals surface area contributed by atoms with Crippen molar-refractivity contribution < 1.29 is 14.7 Å². The number of anilines is 1. The van der Waals surface area contributed by atoms with Gasteiger partial charge in [-0.15, -0.1) is 0 Å². The van der Waals surface area contributed by atoms with Crippen LogP contribution in [-0.4, -0.2) is 29.7 Å². The highest BCUT2D eigenvalue weighted by Crippen LogP contribution is 2.33.